The van der Waals surface area contributed by atoms with Crippen LogP contribution in [0.3, 0.4) is 0 Å². The van der Waals surface area contributed by atoms with Crippen LogP contribution in [-0.4, -0.2) is 24.5 Å². The largest absolute Gasteiger partial charge is 0.329 e. The molecule has 1 fully saturated rings. The van der Waals surface area contributed by atoms with Crippen molar-refractivity contribution in [3.05, 3.63) is 33.3 Å². The highest BCUT2D eigenvalue weighted by molar-refractivity contribution is 9.10. The predicted octanol–water partition coefficient (Wildman–Crippen LogP) is 3.69. The maximum atomic E-state index is 6.17. The highest BCUT2D eigenvalue weighted by Crippen LogP contribution is 2.32. The number of halogens is 2. The SMILES string of the molecule is CC1CN(C(CN)c2ccc(Br)c(Cl)c2)CC1C. The molecular weight excluding hydrogens is 312 g/mol. The van der Waals surface area contributed by atoms with Crippen LogP contribution in [0.25, 0.3) is 0 Å². The summed E-state index contributed by atoms with van der Waals surface area (Å²) in [6, 6.07) is 6.42. The number of hydrogen-bond acceptors (Lipinski definition) is 2. The molecule has 2 nitrogen and oxygen atoms in total. The first-order chi connectivity index (χ1) is 8.52. The van der Waals surface area contributed by atoms with Gasteiger partial charge in [-0.25, -0.2) is 0 Å². The molecule has 100 valence electrons. The van der Waals surface area contributed by atoms with Gasteiger partial charge < -0.3 is 5.73 Å². The van der Waals surface area contributed by atoms with Crippen LogP contribution in [0, 0.1) is 11.8 Å². The van der Waals surface area contributed by atoms with E-state index in [9.17, 15) is 0 Å². The third-order valence-corrected chi connectivity index (χ3v) is 5.24. The molecule has 0 bridgehead atoms. The van der Waals surface area contributed by atoms with E-state index >= 15 is 0 Å². The molecule has 0 aliphatic carbocycles. The number of rotatable bonds is 3. The van der Waals surface area contributed by atoms with Crippen LogP contribution in [-0.2, 0) is 0 Å². The Morgan fingerprint density at radius 1 is 1.39 bits per heavy atom. The number of likely N-dealkylation sites (tertiary alicyclic amines) is 1. The summed E-state index contributed by atoms with van der Waals surface area (Å²) < 4.78 is 0.937. The Hall–Kier alpha value is -0.0900. The molecule has 4 heteroatoms. The van der Waals surface area contributed by atoms with Crippen LogP contribution in [0.15, 0.2) is 22.7 Å². The van der Waals surface area contributed by atoms with E-state index in [0.29, 0.717) is 6.54 Å². The lowest BCUT2D eigenvalue weighted by atomic mass is 10.0. The van der Waals surface area contributed by atoms with E-state index in [1.165, 1.54) is 5.56 Å². The van der Waals surface area contributed by atoms with E-state index in [0.717, 1.165) is 34.4 Å². The van der Waals surface area contributed by atoms with Crippen molar-refractivity contribution in [1.29, 1.82) is 0 Å². The summed E-state index contributed by atoms with van der Waals surface area (Å²) in [7, 11) is 0. The summed E-state index contributed by atoms with van der Waals surface area (Å²) in [5, 5.41) is 0.756. The number of hydrogen-bond donors (Lipinski definition) is 1. The maximum absolute atomic E-state index is 6.17. The van der Waals surface area contributed by atoms with Crippen LogP contribution >= 0.6 is 27.5 Å². The molecule has 18 heavy (non-hydrogen) atoms. The molecule has 2 N–H and O–H groups in total. The van der Waals surface area contributed by atoms with Gasteiger partial charge in [-0.05, 0) is 45.5 Å². The summed E-state index contributed by atoms with van der Waals surface area (Å²) >= 11 is 9.60. The average Bonchev–Trinajstić information content (AvgIpc) is 2.65. The van der Waals surface area contributed by atoms with E-state index in [4.69, 9.17) is 17.3 Å². The van der Waals surface area contributed by atoms with E-state index in [1.54, 1.807) is 0 Å². The highest BCUT2D eigenvalue weighted by Gasteiger charge is 2.31. The fourth-order valence-electron chi connectivity index (χ4n) is 2.64. The van der Waals surface area contributed by atoms with Gasteiger partial charge in [-0.3, -0.25) is 4.90 Å². The van der Waals surface area contributed by atoms with E-state index in [-0.39, 0.29) is 6.04 Å². The lowest BCUT2D eigenvalue weighted by molar-refractivity contribution is 0.240. The third kappa shape index (κ3) is 2.90. The fraction of sp³-hybridized carbons (Fsp3) is 0.571. The maximum Gasteiger partial charge on any atom is 0.0551 e. The van der Waals surface area contributed by atoms with Crippen molar-refractivity contribution in [1.82, 2.24) is 4.90 Å². The Bertz CT molecular complexity index is 414. The Kier molecular flexibility index (Phi) is 4.70. The minimum absolute atomic E-state index is 0.281. The van der Waals surface area contributed by atoms with Crippen molar-refractivity contribution in [3.63, 3.8) is 0 Å². The van der Waals surface area contributed by atoms with Gasteiger partial charge >= 0.3 is 0 Å². The normalized spacial score (nSPS) is 26.5. The first-order valence-electron chi connectivity index (χ1n) is 6.42. The molecule has 3 unspecified atom stereocenters. The van der Waals surface area contributed by atoms with Gasteiger partial charge in [0.25, 0.3) is 0 Å². The van der Waals surface area contributed by atoms with E-state index in [2.05, 4.69) is 40.7 Å². The second-order valence-corrected chi connectivity index (χ2v) is 6.60. The van der Waals surface area contributed by atoms with Gasteiger partial charge in [0.05, 0.1) is 5.02 Å². The van der Waals surface area contributed by atoms with Gasteiger partial charge in [0.1, 0.15) is 0 Å². The molecule has 0 spiro atoms. The monoisotopic (exact) mass is 330 g/mol. The zero-order valence-electron chi connectivity index (χ0n) is 10.9. The second kappa shape index (κ2) is 5.91. The van der Waals surface area contributed by atoms with Gasteiger partial charge in [-0.15, -0.1) is 0 Å². The van der Waals surface area contributed by atoms with Gasteiger partial charge in [-0.1, -0.05) is 31.5 Å². The Balaban J connectivity index is 2.20. The Labute approximate surface area is 123 Å². The molecule has 1 saturated heterocycles. The molecule has 0 amide bonds. The smallest absolute Gasteiger partial charge is 0.0551 e. The fourth-order valence-corrected chi connectivity index (χ4v) is 3.08. The van der Waals surface area contributed by atoms with Crippen molar-refractivity contribution in [2.45, 2.75) is 19.9 Å². The predicted molar refractivity (Wildman–Crippen MR) is 80.8 cm³/mol. The van der Waals surface area contributed by atoms with E-state index < -0.39 is 0 Å². The molecule has 1 aromatic rings. The lowest BCUT2D eigenvalue weighted by Crippen LogP contribution is -2.32. The summed E-state index contributed by atoms with van der Waals surface area (Å²) in [5.41, 5.74) is 7.18. The van der Waals surface area contributed by atoms with Gasteiger partial charge in [0, 0.05) is 30.1 Å². The Morgan fingerprint density at radius 3 is 2.50 bits per heavy atom. The zero-order valence-corrected chi connectivity index (χ0v) is 13.2. The summed E-state index contributed by atoms with van der Waals surface area (Å²) in [4.78, 5) is 2.48. The standard InChI is InChI=1S/C14H20BrClN2/c1-9-7-18(8-10(9)2)14(6-17)11-3-4-12(15)13(16)5-11/h3-5,9-10,14H,6-8,17H2,1-2H3. The minimum atomic E-state index is 0.281. The average molecular weight is 332 g/mol. The van der Waals surface area contributed by atoms with Gasteiger partial charge in [0.2, 0.25) is 0 Å². The van der Waals surface area contributed by atoms with Crippen molar-refractivity contribution < 1.29 is 0 Å². The molecule has 1 aliphatic heterocycles. The highest BCUT2D eigenvalue weighted by atomic mass is 79.9. The van der Waals surface area contributed by atoms with Crippen molar-refractivity contribution in [2.75, 3.05) is 19.6 Å². The van der Waals surface area contributed by atoms with Crippen LogP contribution in [0.5, 0.6) is 0 Å². The van der Waals surface area contributed by atoms with Crippen molar-refractivity contribution in [2.24, 2.45) is 17.6 Å². The molecule has 2 rings (SSSR count). The summed E-state index contributed by atoms with van der Waals surface area (Å²) in [6.07, 6.45) is 0. The minimum Gasteiger partial charge on any atom is -0.329 e. The van der Waals surface area contributed by atoms with Crippen molar-refractivity contribution >= 4 is 27.5 Å². The lowest BCUT2D eigenvalue weighted by Gasteiger charge is -2.27. The van der Waals surface area contributed by atoms with E-state index in [1.807, 2.05) is 12.1 Å². The van der Waals surface area contributed by atoms with Gasteiger partial charge in [-0.2, -0.15) is 0 Å². The van der Waals surface area contributed by atoms with Gasteiger partial charge in [0.15, 0.2) is 0 Å². The molecule has 0 saturated carbocycles. The number of nitrogens with two attached hydrogens (primary N) is 1. The Morgan fingerprint density at radius 2 is 2.00 bits per heavy atom. The molecular formula is C14H20BrClN2. The first kappa shape index (κ1) is 14.3. The summed E-state index contributed by atoms with van der Waals surface area (Å²) in [5.74, 6) is 1.48. The third-order valence-electron chi connectivity index (χ3n) is 4.01. The number of nitrogens with zero attached hydrogens (tertiary/aromatic N) is 1. The zero-order chi connectivity index (χ0) is 13.3. The van der Waals surface area contributed by atoms with Crippen LogP contribution in [0.1, 0.15) is 25.5 Å². The molecule has 1 heterocycles. The van der Waals surface area contributed by atoms with Crippen LogP contribution in [0.2, 0.25) is 5.02 Å². The first-order valence-corrected chi connectivity index (χ1v) is 7.59. The second-order valence-electron chi connectivity index (χ2n) is 5.33. The topological polar surface area (TPSA) is 29.3 Å². The van der Waals surface area contributed by atoms with Crippen LogP contribution < -0.4 is 5.73 Å². The van der Waals surface area contributed by atoms with Crippen molar-refractivity contribution in [3.8, 4) is 0 Å². The molecule has 0 radical (unpaired) electrons. The molecule has 3 atom stereocenters. The van der Waals surface area contributed by atoms with Crippen LogP contribution in [0.4, 0.5) is 0 Å². The molecule has 1 aliphatic rings. The number of benzene rings is 1. The molecule has 1 aromatic carbocycles. The molecule has 0 aromatic heterocycles. The quantitative estimate of drug-likeness (QED) is 0.915. The summed E-state index contributed by atoms with van der Waals surface area (Å²) in [6.45, 7) is 7.50.